The minimum Gasteiger partial charge on any atom is -0.380 e. The van der Waals surface area contributed by atoms with Gasteiger partial charge in [0.25, 0.3) is 11.5 Å². The summed E-state index contributed by atoms with van der Waals surface area (Å²) >= 11 is 3.34. The van der Waals surface area contributed by atoms with Crippen molar-refractivity contribution in [1.82, 2.24) is 25.1 Å². The number of amides is 1. The monoisotopic (exact) mass is 447 g/mol. The first kappa shape index (κ1) is 20.2. The zero-order valence-corrected chi connectivity index (χ0v) is 17.8. The lowest BCUT2D eigenvalue weighted by molar-refractivity contribution is 0.0689. The number of aromatic amines is 2. The number of fused-ring (bicyclic) bond motifs is 1. The Bertz CT molecular complexity index is 1070. The fraction of sp³-hybridized carbons (Fsp3) is 0.368. The Morgan fingerprint density at radius 3 is 2.79 bits per heavy atom. The number of carbonyl (C=O) groups is 1. The second kappa shape index (κ2) is 8.24. The average molecular weight is 448 g/mol. The number of methoxy groups -OCH3 is 1. The number of halogens is 1. The van der Waals surface area contributed by atoms with E-state index < -0.39 is 0 Å². The number of nitrogens with zero attached hydrogens (tertiary/aromatic N) is 3. The first-order valence-electron chi connectivity index (χ1n) is 8.83. The molecular formula is C19H22BrN5O3. The van der Waals surface area contributed by atoms with Crippen LogP contribution >= 0.6 is 15.9 Å². The molecule has 0 spiro atoms. The van der Waals surface area contributed by atoms with Crippen LogP contribution in [-0.2, 0) is 17.9 Å². The van der Waals surface area contributed by atoms with Crippen LogP contribution in [0.3, 0.4) is 0 Å². The second-order valence-corrected chi connectivity index (χ2v) is 7.68. The van der Waals surface area contributed by atoms with Gasteiger partial charge in [-0.2, -0.15) is 5.10 Å². The molecule has 3 heterocycles. The van der Waals surface area contributed by atoms with E-state index in [0.29, 0.717) is 33.4 Å². The highest BCUT2D eigenvalue weighted by Gasteiger charge is 2.24. The molecule has 0 bridgehead atoms. The molecule has 28 heavy (non-hydrogen) atoms. The Hall–Kier alpha value is -2.52. The van der Waals surface area contributed by atoms with Crippen molar-refractivity contribution in [1.29, 1.82) is 0 Å². The predicted octanol–water partition coefficient (Wildman–Crippen LogP) is 2.91. The Morgan fingerprint density at radius 1 is 1.36 bits per heavy atom. The Kier molecular flexibility index (Phi) is 5.95. The van der Waals surface area contributed by atoms with Gasteiger partial charge in [0.2, 0.25) is 0 Å². The van der Waals surface area contributed by atoms with Crippen molar-refractivity contribution < 1.29 is 9.53 Å². The molecule has 3 rings (SSSR count). The summed E-state index contributed by atoms with van der Waals surface area (Å²) in [5.41, 5.74) is 2.82. The third kappa shape index (κ3) is 4.00. The molecule has 0 aromatic carbocycles. The van der Waals surface area contributed by atoms with Crippen LogP contribution in [0, 0.1) is 6.92 Å². The zero-order chi connectivity index (χ0) is 20.4. The van der Waals surface area contributed by atoms with Gasteiger partial charge in [-0.25, -0.2) is 4.98 Å². The van der Waals surface area contributed by atoms with Gasteiger partial charge in [0.15, 0.2) is 5.65 Å². The minimum absolute atomic E-state index is 0.127. The SMILES string of the molecule is COCc1cc(C)[nH]c(=O)c1CN(C(=O)c1cc(Br)nc2[nH]ncc12)C(C)C. The molecule has 3 aromatic rings. The van der Waals surface area contributed by atoms with Gasteiger partial charge in [-0.05, 0) is 54.4 Å². The van der Waals surface area contributed by atoms with Crippen molar-refractivity contribution in [2.75, 3.05) is 7.11 Å². The first-order valence-corrected chi connectivity index (χ1v) is 9.62. The highest BCUT2D eigenvalue weighted by atomic mass is 79.9. The van der Waals surface area contributed by atoms with Gasteiger partial charge < -0.3 is 14.6 Å². The van der Waals surface area contributed by atoms with Crippen molar-refractivity contribution in [3.05, 3.63) is 55.7 Å². The Labute approximate surface area is 170 Å². The Morgan fingerprint density at radius 2 is 2.11 bits per heavy atom. The van der Waals surface area contributed by atoms with E-state index >= 15 is 0 Å². The van der Waals surface area contributed by atoms with E-state index in [2.05, 4.69) is 36.1 Å². The van der Waals surface area contributed by atoms with E-state index in [9.17, 15) is 9.59 Å². The van der Waals surface area contributed by atoms with Crippen LogP contribution in [0.1, 0.15) is 41.0 Å². The summed E-state index contributed by atoms with van der Waals surface area (Å²) in [4.78, 5) is 34.7. The van der Waals surface area contributed by atoms with Crippen molar-refractivity contribution in [3.8, 4) is 0 Å². The predicted molar refractivity (Wildman–Crippen MR) is 109 cm³/mol. The molecular weight excluding hydrogens is 426 g/mol. The Balaban J connectivity index is 2.05. The van der Waals surface area contributed by atoms with Crippen molar-refractivity contribution in [2.45, 2.75) is 40.0 Å². The number of rotatable bonds is 6. The summed E-state index contributed by atoms with van der Waals surface area (Å²) in [5, 5.41) is 7.40. The summed E-state index contributed by atoms with van der Waals surface area (Å²) in [6.45, 7) is 6.12. The number of hydrogen-bond acceptors (Lipinski definition) is 5. The lowest BCUT2D eigenvalue weighted by atomic mass is 10.1. The van der Waals surface area contributed by atoms with Gasteiger partial charge in [-0.1, -0.05) is 0 Å². The molecule has 2 N–H and O–H groups in total. The molecule has 9 heteroatoms. The summed E-state index contributed by atoms with van der Waals surface area (Å²) in [7, 11) is 1.58. The van der Waals surface area contributed by atoms with Crippen LogP contribution in [-0.4, -0.2) is 44.1 Å². The van der Waals surface area contributed by atoms with E-state index in [4.69, 9.17) is 4.74 Å². The average Bonchev–Trinajstić information content (AvgIpc) is 3.08. The number of aromatic nitrogens is 4. The first-order chi connectivity index (χ1) is 13.3. The minimum atomic E-state index is -0.213. The third-order valence-corrected chi connectivity index (χ3v) is 4.90. The fourth-order valence-electron chi connectivity index (χ4n) is 3.13. The highest BCUT2D eigenvalue weighted by Crippen LogP contribution is 2.23. The van der Waals surface area contributed by atoms with Crippen LogP contribution in [0.2, 0.25) is 0 Å². The highest BCUT2D eigenvalue weighted by molar-refractivity contribution is 9.10. The maximum Gasteiger partial charge on any atom is 0.255 e. The second-order valence-electron chi connectivity index (χ2n) is 6.87. The number of nitrogens with one attached hydrogen (secondary N) is 2. The maximum atomic E-state index is 13.4. The topological polar surface area (TPSA) is 104 Å². The summed E-state index contributed by atoms with van der Waals surface area (Å²) in [5.74, 6) is -0.201. The molecule has 0 atom stereocenters. The van der Waals surface area contributed by atoms with Crippen LogP contribution in [0.5, 0.6) is 0 Å². The standard InChI is InChI=1S/C19H22BrN5O3/c1-10(2)25(8-15-12(9-28-4)5-11(3)22-18(15)26)19(27)13-6-16(20)23-17-14(13)7-21-24-17/h5-7,10H,8-9H2,1-4H3,(H,22,26)(H,21,23,24). The quantitative estimate of drug-likeness (QED) is 0.565. The zero-order valence-electron chi connectivity index (χ0n) is 16.2. The van der Waals surface area contributed by atoms with E-state index in [0.717, 1.165) is 11.3 Å². The number of H-pyrrole nitrogens is 2. The van der Waals surface area contributed by atoms with Gasteiger partial charge in [0.05, 0.1) is 30.3 Å². The largest absolute Gasteiger partial charge is 0.380 e. The summed E-state index contributed by atoms with van der Waals surface area (Å²) < 4.78 is 5.78. The van der Waals surface area contributed by atoms with Gasteiger partial charge >= 0.3 is 0 Å². The van der Waals surface area contributed by atoms with Crippen LogP contribution in [0.4, 0.5) is 0 Å². The number of ether oxygens (including phenoxy) is 1. The molecule has 0 aliphatic heterocycles. The number of hydrogen-bond donors (Lipinski definition) is 2. The molecule has 1 amide bonds. The fourth-order valence-corrected chi connectivity index (χ4v) is 3.54. The summed E-state index contributed by atoms with van der Waals surface area (Å²) in [6, 6.07) is 3.42. The van der Waals surface area contributed by atoms with Crippen LogP contribution in [0.25, 0.3) is 11.0 Å². The van der Waals surface area contributed by atoms with Crippen molar-refractivity contribution in [3.63, 3.8) is 0 Å². The lowest BCUT2D eigenvalue weighted by Crippen LogP contribution is -2.38. The van der Waals surface area contributed by atoms with Crippen molar-refractivity contribution in [2.24, 2.45) is 0 Å². The van der Waals surface area contributed by atoms with Gasteiger partial charge in [-0.3, -0.25) is 14.7 Å². The lowest BCUT2D eigenvalue weighted by Gasteiger charge is -2.28. The third-order valence-electron chi connectivity index (χ3n) is 4.50. The van der Waals surface area contributed by atoms with Gasteiger partial charge in [0.1, 0.15) is 4.60 Å². The van der Waals surface area contributed by atoms with E-state index in [-0.39, 0.29) is 24.1 Å². The number of carbonyl (C=O) groups excluding carboxylic acids is 1. The molecule has 8 nitrogen and oxygen atoms in total. The normalized spacial score (nSPS) is 11.4. The summed E-state index contributed by atoms with van der Waals surface area (Å²) in [6.07, 6.45) is 1.58. The molecule has 148 valence electrons. The number of pyridine rings is 2. The van der Waals surface area contributed by atoms with Crippen molar-refractivity contribution >= 4 is 32.9 Å². The molecule has 0 unspecified atom stereocenters. The maximum absolute atomic E-state index is 13.4. The number of aryl methyl sites for hydroxylation is 1. The molecule has 0 aliphatic carbocycles. The van der Waals surface area contributed by atoms with Gasteiger partial charge in [0, 0.05) is 24.4 Å². The van der Waals surface area contributed by atoms with E-state index in [1.54, 1.807) is 24.3 Å². The molecule has 0 aliphatic rings. The van der Waals surface area contributed by atoms with Crippen LogP contribution < -0.4 is 5.56 Å². The molecule has 0 radical (unpaired) electrons. The smallest absolute Gasteiger partial charge is 0.255 e. The molecule has 0 fully saturated rings. The van der Waals surface area contributed by atoms with Gasteiger partial charge in [-0.15, -0.1) is 0 Å². The molecule has 0 saturated carbocycles. The molecule has 3 aromatic heterocycles. The van der Waals surface area contributed by atoms with E-state index in [1.807, 2.05) is 26.8 Å². The van der Waals surface area contributed by atoms with E-state index in [1.165, 1.54) is 0 Å². The van der Waals surface area contributed by atoms with Crippen LogP contribution in [0.15, 0.2) is 27.7 Å². The molecule has 0 saturated heterocycles.